The van der Waals surface area contributed by atoms with E-state index in [9.17, 15) is 13.2 Å². The van der Waals surface area contributed by atoms with E-state index in [0.29, 0.717) is 18.1 Å². The molecular formula is C20H23ClN2O4S. The van der Waals surface area contributed by atoms with Gasteiger partial charge in [0.15, 0.2) is 6.61 Å². The average molecular weight is 423 g/mol. The summed E-state index contributed by atoms with van der Waals surface area (Å²) < 4.78 is 32.8. The number of ether oxygens (including phenoxy) is 1. The molecule has 0 saturated carbocycles. The number of hydrogen-bond donors (Lipinski definition) is 1. The molecule has 1 aliphatic rings. The zero-order chi connectivity index (χ0) is 20.1. The van der Waals surface area contributed by atoms with E-state index >= 15 is 0 Å². The average Bonchev–Trinajstić information content (AvgIpc) is 3.23. The van der Waals surface area contributed by atoms with Gasteiger partial charge < -0.3 is 10.1 Å². The lowest BCUT2D eigenvalue weighted by atomic mass is 10.1. The number of benzene rings is 2. The standard InChI is InChI=1S/C20H23ClN2O4S/c1-15(16-7-3-2-4-8-16)22-20(24)14-27-18-10-9-17(21)13-19(18)28(25,26)23-11-5-6-12-23/h2-4,7-10,13,15H,5-6,11-12,14H2,1H3,(H,22,24)/t15-/m1/s1. The second kappa shape index (κ2) is 8.94. The summed E-state index contributed by atoms with van der Waals surface area (Å²) in [6, 6.07) is 13.8. The van der Waals surface area contributed by atoms with E-state index in [4.69, 9.17) is 16.3 Å². The largest absolute Gasteiger partial charge is 0.482 e. The zero-order valence-corrected chi connectivity index (χ0v) is 17.2. The summed E-state index contributed by atoms with van der Waals surface area (Å²) in [7, 11) is -3.71. The van der Waals surface area contributed by atoms with Gasteiger partial charge in [-0.1, -0.05) is 41.9 Å². The van der Waals surface area contributed by atoms with Crippen molar-refractivity contribution in [2.45, 2.75) is 30.7 Å². The Kier molecular flexibility index (Phi) is 6.59. The topological polar surface area (TPSA) is 75.7 Å². The smallest absolute Gasteiger partial charge is 0.258 e. The summed E-state index contributed by atoms with van der Waals surface area (Å²) >= 11 is 6.01. The molecule has 0 bridgehead atoms. The maximum absolute atomic E-state index is 12.9. The lowest BCUT2D eigenvalue weighted by Gasteiger charge is -2.19. The summed E-state index contributed by atoms with van der Waals surface area (Å²) in [5.41, 5.74) is 0.972. The van der Waals surface area contributed by atoms with Gasteiger partial charge in [-0.05, 0) is 43.5 Å². The van der Waals surface area contributed by atoms with Crippen LogP contribution in [0.25, 0.3) is 0 Å². The van der Waals surface area contributed by atoms with Crippen LogP contribution < -0.4 is 10.1 Å². The van der Waals surface area contributed by atoms with Crippen molar-refractivity contribution in [2.75, 3.05) is 19.7 Å². The normalized spacial score (nSPS) is 15.9. The Morgan fingerprint density at radius 1 is 1.18 bits per heavy atom. The van der Waals surface area contributed by atoms with E-state index in [1.54, 1.807) is 6.07 Å². The molecule has 1 saturated heterocycles. The molecule has 0 radical (unpaired) electrons. The van der Waals surface area contributed by atoms with Gasteiger partial charge in [-0.25, -0.2) is 8.42 Å². The fourth-order valence-corrected chi connectivity index (χ4v) is 5.03. The summed E-state index contributed by atoms with van der Waals surface area (Å²) in [5, 5.41) is 3.14. The maximum Gasteiger partial charge on any atom is 0.258 e. The highest BCUT2D eigenvalue weighted by Gasteiger charge is 2.30. The Balaban J connectivity index is 1.70. The monoisotopic (exact) mass is 422 g/mol. The third-order valence-electron chi connectivity index (χ3n) is 4.62. The number of nitrogens with one attached hydrogen (secondary N) is 1. The molecule has 0 aromatic heterocycles. The van der Waals surface area contributed by atoms with Crippen LogP contribution in [-0.4, -0.2) is 38.3 Å². The fraction of sp³-hybridized carbons (Fsp3) is 0.350. The minimum absolute atomic E-state index is 0.00851. The van der Waals surface area contributed by atoms with Crippen molar-refractivity contribution in [1.82, 2.24) is 9.62 Å². The Bertz CT molecular complexity index is 928. The molecule has 3 rings (SSSR count). The molecule has 8 heteroatoms. The van der Waals surface area contributed by atoms with Crippen molar-refractivity contribution < 1.29 is 17.9 Å². The molecule has 1 aliphatic heterocycles. The molecule has 0 aliphatic carbocycles. The van der Waals surface area contributed by atoms with Crippen LogP contribution in [0.1, 0.15) is 31.4 Å². The highest BCUT2D eigenvalue weighted by atomic mass is 35.5. The van der Waals surface area contributed by atoms with E-state index in [1.165, 1.54) is 16.4 Å². The Morgan fingerprint density at radius 3 is 2.54 bits per heavy atom. The molecule has 0 spiro atoms. The van der Waals surface area contributed by atoms with Crippen molar-refractivity contribution in [3.63, 3.8) is 0 Å². The second-order valence-electron chi connectivity index (χ2n) is 6.69. The third-order valence-corrected chi connectivity index (χ3v) is 6.78. The van der Waals surface area contributed by atoms with Crippen molar-refractivity contribution in [3.8, 4) is 5.75 Å². The minimum atomic E-state index is -3.71. The van der Waals surface area contributed by atoms with E-state index in [1.807, 2.05) is 37.3 Å². The van der Waals surface area contributed by atoms with Crippen molar-refractivity contribution in [3.05, 3.63) is 59.1 Å². The lowest BCUT2D eigenvalue weighted by molar-refractivity contribution is -0.123. The van der Waals surface area contributed by atoms with E-state index in [2.05, 4.69) is 5.32 Å². The Labute approximate surface area is 170 Å². The third kappa shape index (κ3) is 4.84. The van der Waals surface area contributed by atoms with Crippen LogP contribution in [0, 0.1) is 0 Å². The number of nitrogens with zero attached hydrogens (tertiary/aromatic N) is 1. The molecule has 1 heterocycles. The van der Waals surface area contributed by atoms with Crippen LogP contribution >= 0.6 is 11.6 Å². The number of rotatable bonds is 7. The van der Waals surface area contributed by atoms with Gasteiger partial charge in [0.1, 0.15) is 10.6 Å². The predicted molar refractivity (Wildman–Crippen MR) is 108 cm³/mol. The quantitative estimate of drug-likeness (QED) is 0.742. The first-order valence-corrected chi connectivity index (χ1v) is 11.0. The lowest BCUT2D eigenvalue weighted by Crippen LogP contribution is -2.32. The Hall–Kier alpha value is -2.09. The Morgan fingerprint density at radius 2 is 1.86 bits per heavy atom. The first kappa shape index (κ1) is 20.6. The van der Waals surface area contributed by atoms with Crippen LogP contribution in [0.3, 0.4) is 0 Å². The van der Waals surface area contributed by atoms with Gasteiger partial charge in [0.2, 0.25) is 10.0 Å². The minimum Gasteiger partial charge on any atom is -0.482 e. The van der Waals surface area contributed by atoms with Gasteiger partial charge in [0.25, 0.3) is 5.91 Å². The molecule has 1 N–H and O–H groups in total. The molecule has 1 fully saturated rings. The number of sulfonamides is 1. The molecule has 1 amide bonds. The molecule has 6 nitrogen and oxygen atoms in total. The zero-order valence-electron chi connectivity index (χ0n) is 15.6. The maximum atomic E-state index is 12.9. The van der Waals surface area contributed by atoms with E-state index in [-0.39, 0.29) is 29.2 Å². The van der Waals surface area contributed by atoms with Gasteiger partial charge in [0.05, 0.1) is 6.04 Å². The summed E-state index contributed by atoms with van der Waals surface area (Å²) in [4.78, 5) is 12.3. The molecule has 28 heavy (non-hydrogen) atoms. The number of amides is 1. The van der Waals surface area contributed by atoms with Crippen molar-refractivity contribution in [1.29, 1.82) is 0 Å². The summed E-state index contributed by atoms with van der Waals surface area (Å²) in [5.74, 6) is -0.213. The number of carbonyl (C=O) groups is 1. The predicted octanol–water partition coefficient (Wildman–Crippen LogP) is 3.38. The number of hydrogen-bond acceptors (Lipinski definition) is 4. The molecule has 1 atom stereocenters. The van der Waals surface area contributed by atoms with Crippen LogP contribution in [0.5, 0.6) is 5.75 Å². The SMILES string of the molecule is C[C@@H](NC(=O)COc1ccc(Cl)cc1S(=O)(=O)N1CCCC1)c1ccccc1. The molecule has 0 unspecified atom stereocenters. The van der Waals surface area contributed by atoms with Gasteiger partial charge in [-0.15, -0.1) is 0 Å². The van der Waals surface area contributed by atoms with Crippen LogP contribution in [0.4, 0.5) is 0 Å². The van der Waals surface area contributed by atoms with Gasteiger partial charge >= 0.3 is 0 Å². The van der Waals surface area contributed by atoms with Crippen molar-refractivity contribution >= 4 is 27.5 Å². The van der Waals surface area contributed by atoms with E-state index < -0.39 is 10.0 Å². The van der Waals surface area contributed by atoms with Crippen LogP contribution in [0.2, 0.25) is 5.02 Å². The van der Waals surface area contributed by atoms with Crippen LogP contribution in [0.15, 0.2) is 53.4 Å². The molecule has 2 aromatic rings. The summed E-state index contributed by atoms with van der Waals surface area (Å²) in [6.45, 7) is 2.53. The first-order chi connectivity index (χ1) is 13.4. The van der Waals surface area contributed by atoms with Gasteiger partial charge in [0, 0.05) is 18.1 Å². The number of halogens is 1. The highest BCUT2D eigenvalue weighted by Crippen LogP contribution is 2.31. The van der Waals surface area contributed by atoms with Gasteiger partial charge in [-0.3, -0.25) is 4.79 Å². The number of carbonyl (C=O) groups excluding carboxylic acids is 1. The first-order valence-electron chi connectivity index (χ1n) is 9.15. The van der Waals surface area contributed by atoms with Crippen molar-refractivity contribution in [2.24, 2.45) is 0 Å². The molecular weight excluding hydrogens is 400 g/mol. The van der Waals surface area contributed by atoms with Gasteiger partial charge in [-0.2, -0.15) is 4.31 Å². The highest BCUT2D eigenvalue weighted by molar-refractivity contribution is 7.89. The van der Waals surface area contributed by atoms with E-state index in [0.717, 1.165) is 18.4 Å². The molecule has 2 aromatic carbocycles. The fourth-order valence-electron chi connectivity index (χ4n) is 3.12. The van der Waals surface area contributed by atoms with Crippen LogP contribution in [-0.2, 0) is 14.8 Å². The second-order valence-corrected chi connectivity index (χ2v) is 9.03. The summed E-state index contributed by atoms with van der Waals surface area (Å²) in [6.07, 6.45) is 1.66. The molecule has 150 valence electrons.